The Balaban J connectivity index is 2.50. The highest BCUT2D eigenvalue weighted by atomic mass is 32.2. The van der Waals surface area contributed by atoms with E-state index in [0.717, 1.165) is 5.75 Å². The summed E-state index contributed by atoms with van der Waals surface area (Å²) >= 11 is 3.73. The molecule has 2 nitrogen and oxygen atoms in total. The smallest absolute Gasteiger partial charge is 0.309 e. The molecule has 0 N–H and O–H groups in total. The van der Waals surface area contributed by atoms with Crippen molar-refractivity contribution in [3.05, 3.63) is 0 Å². The SMILES string of the molecule is COC(=O)C(CSC)C1CCSCC1. The van der Waals surface area contributed by atoms with Crippen LogP contribution in [-0.4, -0.2) is 36.6 Å². The molecule has 14 heavy (non-hydrogen) atoms. The molecule has 0 saturated carbocycles. The van der Waals surface area contributed by atoms with Crippen molar-refractivity contribution in [1.29, 1.82) is 0 Å². The first-order valence-corrected chi connectivity index (χ1v) is 7.49. The monoisotopic (exact) mass is 234 g/mol. The van der Waals surface area contributed by atoms with Crippen LogP contribution in [-0.2, 0) is 9.53 Å². The Morgan fingerprint density at radius 1 is 1.57 bits per heavy atom. The van der Waals surface area contributed by atoms with Gasteiger partial charge in [0.05, 0.1) is 13.0 Å². The van der Waals surface area contributed by atoms with E-state index in [-0.39, 0.29) is 11.9 Å². The standard InChI is InChI=1S/C10H18O2S2/c1-12-10(11)9(7-13-2)8-3-5-14-6-4-8/h8-9H,3-7H2,1-2H3. The van der Waals surface area contributed by atoms with Crippen LogP contribution in [0.2, 0.25) is 0 Å². The molecule has 1 atom stereocenters. The van der Waals surface area contributed by atoms with Crippen molar-refractivity contribution in [3.63, 3.8) is 0 Å². The maximum absolute atomic E-state index is 11.6. The van der Waals surface area contributed by atoms with Crippen LogP contribution in [0, 0.1) is 11.8 Å². The zero-order chi connectivity index (χ0) is 10.4. The van der Waals surface area contributed by atoms with Crippen LogP contribution in [0.3, 0.4) is 0 Å². The topological polar surface area (TPSA) is 26.3 Å². The summed E-state index contributed by atoms with van der Waals surface area (Å²) in [6.07, 6.45) is 4.39. The molecule has 4 heteroatoms. The Bertz CT molecular complexity index is 179. The van der Waals surface area contributed by atoms with Gasteiger partial charge in [0.1, 0.15) is 0 Å². The Morgan fingerprint density at radius 3 is 2.71 bits per heavy atom. The fraction of sp³-hybridized carbons (Fsp3) is 0.900. The van der Waals surface area contributed by atoms with Crippen LogP contribution in [0.25, 0.3) is 0 Å². The molecule has 0 bridgehead atoms. The number of esters is 1. The van der Waals surface area contributed by atoms with E-state index in [9.17, 15) is 4.79 Å². The lowest BCUT2D eigenvalue weighted by molar-refractivity contribution is -0.146. The molecule has 0 spiro atoms. The van der Waals surface area contributed by atoms with Gasteiger partial charge in [-0.15, -0.1) is 0 Å². The van der Waals surface area contributed by atoms with E-state index in [1.165, 1.54) is 31.5 Å². The third-order valence-corrected chi connectivity index (χ3v) is 4.43. The Morgan fingerprint density at radius 2 is 2.21 bits per heavy atom. The number of methoxy groups -OCH3 is 1. The second-order valence-electron chi connectivity index (χ2n) is 3.53. The fourth-order valence-corrected chi connectivity index (χ4v) is 3.76. The van der Waals surface area contributed by atoms with Crippen LogP contribution in [0.15, 0.2) is 0 Å². The second-order valence-corrected chi connectivity index (χ2v) is 5.67. The van der Waals surface area contributed by atoms with Gasteiger partial charge in [0.25, 0.3) is 0 Å². The minimum Gasteiger partial charge on any atom is -0.469 e. The third-order valence-electron chi connectivity index (χ3n) is 2.69. The van der Waals surface area contributed by atoms with Gasteiger partial charge in [0.15, 0.2) is 0 Å². The van der Waals surface area contributed by atoms with Crippen molar-refractivity contribution in [2.24, 2.45) is 11.8 Å². The summed E-state index contributed by atoms with van der Waals surface area (Å²) in [5.74, 6) is 3.96. The summed E-state index contributed by atoms with van der Waals surface area (Å²) in [5, 5.41) is 0. The number of thioether (sulfide) groups is 2. The number of hydrogen-bond donors (Lipinski definition) is 0. The lowest BCUT2D eigenvalue weighted by Gasteiger charge is -2.27. The number of carbonyl (C=O) groups is 1. The zero-order valence-corrected chi connectivity index (χ0v) is 10.5. The Hall–Kier alpha value is 0.170. The number of ether oxygens (including phenoxy) is 1. The van der Waals surface area contributed by atoms with Crippen LogP contribution < -0.4 is 0 Å². The van der Waals surface area contributed by atoms with Gasteiger partial charge in [-0.05, 0) is 36.5 Å². The van der Waals surface area contributed by atoms with E-state index in [1.807, 2.05) is 18.0 Å². The van der Waals surface area contributed by atoms with Crippen molar-refractivity contribution < 1.29 is 9.53 Å². The largest absolute Gasteiger partial charge is 0.469 e. The Labute approximate surface area is 94.5 Å². The van der Waals surface area contributed by atoms with E-state index >= 15 is 0 Å². The molecule has 82 valence electrons. The number of rotatable bonds is 4. The summed E-state index contributed by atoms with van der Waals surface area (Å²) in [6.45, 7) is 0. The van der Waals surface area contributed by atoms with Crippen molar-refractivity contribution in [1.82, 2.24) is 0 Å². The molecule has 1 aliphatic rings. The van der Waals surface area contributed by atoms with Gasteiger partial charge in [-0.1, -0.05) is 0 Å². The lowest BCUT2D eigenvalue weighted by atomic mass is 9.89. The summed E-state index contributed by atoms with van der Waals surface area (Å²) in [5.41, 5.74) is 0. The average molecular weight is 234 g/mol. The zero-order valence-electron chi connectivity index (χ0n) is 8.82. The normalized spacial score (nSPS) is 20.4. The summed E-state index contributed by atoms with van der Waals surface area (Å²) in [4.78, 5) is 11.6. The van der Waals surface area contributed by atoms with E-state index in [1.54, 1.807) is 11.8 Å². The average Bonchev–Trinajstić information content (AvgIpc) is 2.26. The summed E-state index contributed by atoms with van der Waals surface area (Å²) < 4.78 is 4.86. The molecule has 0 aromatic heterocycles. The first kappa shape index (κ1) is 12.2. The summed E-state index contributed by atoms with van der Waals surface area (Å²) in [7, 11) is 1.49. The fourth-order valence-electron chi connectivity index (χ4n) is 1.85. The maximum Gasteiger partial charge on any atom is 0.309 e. The van der Waals surface area contributed by atoms with Gasteiger partial charge in [-0.2, -0.15) is 23.5 Å². The van der Waals surface area contributed by atoms with Gasteiger partial charge < -0.3 is 4.74 Å². The van der Waals surface area contributed by atoms with E-state index < -0.39 is 0 Å². The lowest BCUT2D eigenvalue weighted by Crippen LogP contribution is -2.29. The van der Waals surface area contributed by atoms with Crippen LogP contribution >= 0.6 is 23.5 Å². The van der Waals surface area contributed by atoms with Gasteiger partial charge in [0.2, 0.25) is 0 Å². The molecule has 0 aromatic rings. The van der Waals surface area contributed by atoms with Crippen molar-refractivity contribution in [3.8, 4) is 0 Å². The quantitative estimate of drug-likeness (QED) is 0.697. The summed E-state index contributed by atoms with van der Waals surface area (Å²) in [6, 6.07) is 0. The molecule has 0 amide bonds. The predicted molar refractivity (Wildman–Crippen MR) is 63.9 cm³/mol. The van der Waals surface area contributed by atoms with Crippen LogP contribution in [0.4, 0.5) is 0 Å². The van der Waals surface area contributed by atoms with Crippen LogP contribution in [0.1, 0.15) is 12.8 Å². The molecule has 0 aromatic carbocycles. The molecular formula is C10H18O2S2. The molecule has 0 radical (unpaired) electrons. The number of hydrogen-bond acceptors (Lipinski definition) is 4. The molecule has 1 rings (SSSR count). The maximum atomic E-state index is 11.6. The van der Waals surface area contributed by atoms with Crippen molar-refractivity contribution in [2.45, 2.75) is 12.8 Å². The first-order valence-electron chi connectivity index (χ1n) is 4.94. The molecule has 1 heterocycles. The van der Waals surface area contributed by atoms with Crippen LogP contribution in [0.5, 0.6) is 0 Å². The highest BCUT2D eigenvalue weighted by molar-refractivity contribution is 7.99. The second kappa shape index (κ2) is 6.62. The minimum atomic E-state index is -0.0174. The predicted octanol–water partition coefficient (Wildman–Crippen LogP) is 2.28. The highest BCUT2D eigenvalue weighted by Crippen LogP contribution is 2.31. The molecule has 1 saturated heterocycles. The Kier molecular flexibility index (Phi) is 5.78. The van der Waals surface area contributed by atoms with E-state index in [0.29, 0.717) is 5.92 Å². The molecule has 1 aliphatic heterocycles. The van der Waals surface area contributed by atoms with Gasteiger partial charge >= 0.3 is 5.97 Å². The molecule has 1 fully saturated rings. The van der Waals surface area contributed by atoms with E-state index in [4.69, 9.17) is 4.74 Å². The van der Waals surface area contributed by atoms with Crippen molar-refractivity contribution in [2.75, 3.05) is 30.6 Å². The van der Waals surface area contributed by atoms with Gasteiger partial charge in [-0.3, -0.25) is 4.79 Å². The van der Waals surface area contributed by atoms with Gasteiger partial charge in [0, 0.05) is 5.75 Å². The minimum absolute atomic E-state index is 0.0174. The third kappa shape index (κ3) is 3.39. The van der Waals surface area contributed by atoms with Gasteiger partial charge in [-0.25, -0.2) is 0 Å². The first-order chi connectivity index (χ1) is 6.79. The molecule has 0 aliphatic carbocycles. The van der Waals surface area contributed by atoms with Crippen molar-refractivity contribution >= 4 is 29.5 Å². The van der Waals surface area contributed by atoms with E-state index in [2.05, 4.69) is 0 Å². The molecule has 1 unspecified atom stereocenters. The molecular weight excluding hydrogens is 216 g/mol. The highest BCUT2D eigenvalue weighted by Gasteiger charge is 2.29. The number of carbonyl (C=O) groups excluding carboxylic acids is 1.